The van der Waals surface area contributed by atoms with Crippen molar-refractivity contribution in [3.05, 3.63) is 35.6 Å². The van der Waals surface area contributed by atoms with E-state index in [1.807, 2.05) is 0 Å². The van der Waals surface area contributed by atoms with Crippen LogP contribution in [0.1, 0.15) is 24.3 Å². The first kappa shape index (κ1) is 13.2. The predicted octanol–water partition coefficient (Wildman–Crippen LogP) is 1.95. The molecule has 0 amide bonds. The summed E-state index contributed by atoms with van der Waals surface area (Å²) >= 11 is 0. The van der Waals surface area contributed by atoms with Crippen LogP contribution in [0.15, 0.2) is 24.3 Å². The number of carbonyl (C=O) groups excluding carboxylic acids is 1. The molecule has 17 heavy (non-hydrogen) atoms. The molecule has 1 unspecified atom stereocenters. The Balaban J connectivity index is 2.93. The fourth-order valence-electron chi connectivity index (χ4n) is 1.59. The molecule has 0 aliphatic carbocycles. The van der Waals surface area contributed by atoms with Gasteiger partial charge < -0.3 is 9.84 Å². The van der Waals surface area contributed by atoms with Crippen LogP contribution in [0.5, 0.6) is 0 Å². The second-order valence-corrected chi connectivity index (χ2v) is 3.60. The number of ether oxygens (including phenoxy) is 1. The largest absolute Gasteiger partial charge is 0.481 e. The van der Waals surface area contributed by atoms with E-state index in [-0.39, 0.29) is 18.4 Å². The van der Waals surface area contributed by atoms with Crippen LogP contribution in [0.4, 0.5) is 4.39 Å². The predicted molar refractivity (Wildman–Crippen MR) is 58.0 cm³/mol. The summed E-state index contributed by atoms with van der Waals surface area (Å²) in [4.78, 5) is 21.8. The first-order valence-electron chi connectivity index (χ1n) is 5.07. The third-order valence-corrected chi connectivity index (χ3v) is 2.41. The van der Waals surface area contributed by atoms with Crippen molar-refractivity contribution in [3.63, 3.8) is 0 Å². The van der Waals surface area contributed by atoms with Gasteiger partial charge in [-0.3, -0.25) is 9.59 Å². The number of rotatable bonds is 5. The number of aliphatic carboxylic acids is 1. The highest BCUT2D eigenvalue weighted by molar-refractivity contribution is 5.73. The lowest BCUT2D eigenvalue weighted by molar-refractivity contribution is -0.141. The SMILES string of the molecule is COC(=O)CC(CC(=O)O)c1ccccc1F. The van der Waals surface area contributed by atoms with Crippen LogP contribution < -0.4 is 0 Å². The number of benzene rings is 1. The van der Waals surface area contributed by atoms with Gasteiger partial charge in [-0.15, -0.1) is 0 Å². The lowest BCUT2D eigenvalue weighted by Crippen LogP contribution is -2.13. The number of hydrogen-bond donors (Lipinski definition) is 1. The molecule has 1 aromatic rings. The number of hydrogen-bond acceptors (Lipinski definition) is 3. The third kappa shape index (κ3) is 3.86. The van der Waals surface area contributed by atoms with Gasteiger partial charge >= 0.3 is 11.9 Å². The number of methoxy groups -OCH3 is 1. The molecule has 0 saturated carbocycles. The van der Waals surface area contributed by atoms with Crippen LogP contribution in [-0.2, 0) is 14.3 Å². The van der Waals surface area contributed by atoms with Crippen molar-refractivity contribution >= 4 is 11.9 Å². The summed E-state index contributed by atoms with van der Waals surface area (Å²) in [7, 11) is 1.21. The Morgan fingerprint density at radius 1 is 1.35 bits per heavy atom. The minimum Gasteiger partial charge on any atom is -0.481 e. The molecule has 0 saturated heterocycles. The molecule has 0 heterocycles. The van der Waals surface area contributed by atoms with Gasteiger partial charge in [0.2, 0.25) is 0 Å². The van der Waals surface area contributed by atoms with E-state index in [1.165, 1.54) is 25.3 Å². The molecule has 4 nitrogen and oxygen atoms in total. The molecule has 0 spiro atoms. The van der Waals surface area contributed by atoms with Gasteiger partial charge in [0.15, 0.2) is 0 Å². The lowest BCUT2D eigenvalue weighted by atomic mass is 9.92. The molecule has 0 fully saturated rings. The van der Waals surface area contributed by atoms with E-state index in [4.69, 9.17) is 5.11 Å². The summed E-state index contributed by atoms with van der Waals surface area (Å²) in [5.41, 5.74) is 0.223. The molecule has 0 aromatic heterocycles. The second kappa shape index (κ2) is 5.98. The van der Waals surface area contributed by atoms with Crippen LogP contribution in [-0.4, -0.2) is 24.2 Å². The Hall–Kier alpha value is -1.91. The van der Waals surface area contributed by atoms with Crippen molar-refractivity contribution in [3.8, 4) is 0 Å². The van der Waals surface area contributed by atoms with Crippen molar-refractivity contribution in [1.29, 1.82) is 0 Å². The van der Waals surface area contributed by atoms with Gasteiger partial charge in [0.05, 0.1) is 20.0 Å². The van der Waals surface area contributed by atoms with Crippen molar-refractivity contribution in [2.24, 2.45) is 0 Å². The highest BCUT2D eigenvalue weighted by Gasteiger charge is 2.22. The van der Waals surface area contributed by atoms with E-state index in [9.17, 15) is 14.0 Å². The topological polar surface area (TPSA) is 63.6 Å². The van der Waals surface area contributed by atoms with Gasteiger partial charge in [-0.05, 0) is 11.6 Å². The molecule has 1 aromatic carbocycles. The van der Waals surface area contributed by atoms with Crippen LogP contribution in [0.25, 0.3) is 0 Å². The molecule has 0 bridgehead atoms. The zero-order chi connectivity index (χ0) is 12.8. The molecule has 1 N–H and O–H groups in total. The Morgan fingerprint density at radius 3 is 2.53 bits per heavy atom. The summed E-state index contributed by atoms with van der Waals surface area (Å²) in [6.45, 7) is 0. The molecule has 0 radical (unpaired) electrons. The molecular formula is C12H13FO4. The van der Waals surface area contributed by atoms with E-state index in [0.717, 1.165) is 0 Å². The summed E-state index contributed by atoms with van der Waals surface area (Å²) < 4.78 is 18.0. The maximum atomic E-state index is 13.5. The van der Waals surface area contributed by atoms with Crippen molar-refractivity contribution in [2.75, 3.05) is 7.11 Å². The quantitative estimate of drug-likeness (QED) is 0.799. The smallest absolute Gasteiger partial charge is 0.306 e. The van der Waals surface area contributed by atoms with Gasteiger partial charge in [0.25, 0.3) is 0 Å². The van der Waals surface area contributed by atoms with Gasteiger partial charge in [-0.1, -0.05) is 18.2 Å². The van der Waals surface area contributed by atoms with Crippen LogP contribution in [0, 0.1) is 5.82 Å². The Morgan fingerprint density at radius 2 is 2.00 bits per heavy atom. The highest BCUT2D eigenvalue weighted by Crippen LogP contribution is 2.26. The standard InChI is InChI=1S/C12H13FO4/c1-17-12(16)7-8(6-11(14)15)9-4-2-3-5-10(9)13/h2-5,8H,6-7H2,1H3,(H,14,15). The molecular weight excluding hydrogens is 227 g/mol. The second-order valence-electron chi connectivity index (χ2n) is 3.60. The normalized spacial score (nSPS) is 11.9. The van der Waals surface area contributed by atoms with E-state index < -0.39 is 23.7 Å². The summed E-state index contributed by atoms with van der Waals surface area (Å²) in [5, 5.41) is 8.75. The monoisotopic (exact) mass is 240 g/mol. The lowest BCUT2D eigenvalue weighted by Gasteiger charge is -2.14. The van der Waals surface area contributed by atoms with Crippen LogP contribution in [0.3, 0.4) is 0 Å². The molecule has 0 aliphatic heterocycles. The van der Waals surface area contributed by atoms with Gasteiger partial charge in [-0.25, -0.2) is 4.39 Å². The van der Waals surface area contributed by atoms with Crippen LogP contribution >= 0.6 is 0 Å². The zero-order valence-corrected chi connectivity index (χ0v) is 9.35. The first-order valence-corrected chi connectivity index (χ1v) is 5.07. The molecule has 92 valence electrons. The van der Waals surface area contributed by atoms with E-state index >= 15 is 0 Å². The highest BCUT2D eigenvalue weighted by atomic mass is 19.1. The molecule has 1 rings (SSSR count). The van der Waals surface area contributed by atoms with Crippen molar-refractivity contribution in [1.82, 2.24) is 0 Å². The Kier molecular flexibility index (Phi) is 4.63. The Bertz CT molecular complexity index is 417. The summed E-state index contributed by atoms with van der Waals surface area (Å²) in [5.74, 6) is -2.86. The minimum absolute atomic E-state index is 0.149. The Labute approximate surface area is 98.0 Å². The van der Waals surface area contributed by atoms with Crippen molar-refractivity contribution in [2.45, 2.75) is 18.8 Å². The fraction of sp³-hybridized carbons (Fsp3) is 0.333. The van der Waals surface area contributed by atoms with E-state index in [1.54, 1.807) is 6.07 Å². The number of carbonyl (C=O) groups is 2. The van der Waals surface area contributed by atoms with Crippen molar-refractivity contribution < 1.29 is 23.8 Å². The third-order valence-electron chi connectivity index (χ3n) is 2.41. The summed E-state index contributed by atoms with van der Waals surface area (Å²) in [6.07, 6.45) is -0.459. The average molecular weight is 240 g/mol. The maximum absolute atomic E-state index is 13.5. The fourth-order valence-corrected chi connectivity index (χ4v) is 1.59. The minimum atomic E-state index is -1.08. The zero-order valence-electron chi connectivity index (χ0n) is 9.35. The number of carboxylic acids is 1. The van der Waals surface area contributed by atoms with Gasteiger partial charge in [0, 0.05) is 5.92 Å². The van der Waals surface area contributed by atoms with E-state index in [2.05, 4.69) is 4.74 Å². The summed E-state index contributed by atoms with van der Waals surface area (Å²) in [6, 6.07) is 5.83. The van der Waals surface area contributed by atoms with E-state index in [0.29, 0.717) is 0 Å². The molecule has 0 aliphatic rings. The van der Waals surface area contributed by atoms with Gasteiger partial charge in [-0.2, -0.15) is 0 Å². The van der Waals surface area contributed by atoms with Gasteiger partial charge in [0.1, 0.15) is 5.82 Å². The average Bonchev–Trinajstić information content (AvgIpc) is 2.28. The maximum Gasteiger partial charge on any atom is 0.306 e. The number of carboxylic acid groups (broad SMARTS) is 1. The first-order chi connectivity index (χ1) is 8.04. The molecule has 5 heteroatoms. The molecule has 1 atom stereocenters. The van der Waals surface area contributed by atoms with Crippen LogP contribution in [0.2, 0.25) is 0 Å². The number of esters is 1. The number of halogens is 1.